The molecule has 0 saturated carbocycles. The number of Topliss-reactive ketones (excluding diaryl/α,β-unsaturated/α-hetero) is 1. The molecule has 2 aromatic rings. The van der Waals surface area contributed by atoms with Gasteiger partial charge in [0, 0.05) is 14.0 Å². The van der Waals surface area contributed by atoms with Gasteiger partial charge in [-0.2, -0.15) is 5.10 Å². The number of nitrogens with zero attached hydrogens (tertiary/aromatic N) is 2. The largest absolute Gasteiger partial charge is 0.293 e. The van der Waals surface area contributed by atoms with Crippen LogP contribution in [-0.4, -0.2) is 15.6 Å². The lowest BCUT2D eigenvalue weighted by molar-refractivity contribution is 0.101. The third-order valence-corrected chi connectivity index (χ3v) is 2.70. The van der Waals surface area contributed by atoms with E-state index in [1.54, 1.807) is 22.9 Å². The summed E-state index contributed by atoms with van der Waals surface area (Å²) >= 11 is 1.56. The molecule has 0 aliphatic heterocycles. The molecule has 0 bridgehead atoms. The van der Waals surface area contributed by atoms with E-state index in [2.05, 4.69) is 5.10 Å². The van der Waals surface area contributed by atoms with Crippen LogP contribution in [-0.2, 0) is 7.05 Å². The fraction of sp³-hybridized carbons (Fsp3) is 0.250. The minimum atomic E-state index is 0.0306. The highest BCUT2D eigenvalue weighted by Gasteiger charge is 2.12. The van der Waals surface area contributed by atoms with Gasteiger partial charge in [-0.25, -0.2) is 0 Å². The molecule has 2 aromatic heterocycles. The Morgan fingerprint density at radius 1 is 1.67 bits per heavy atom. The van der Waals surface area contributed by atoms with Crippen LogP contribution in [0.4, 0.5) is 0 Å². The van der Waals surface area contributed by atoms with E-state index < -0.39 is 0 Å². The SMILES string of the molecule is CC(=O)c1nn(C)c2ccsc12. The van der Waals surface area contributed by atoms with E-state index in [0.717, 1.165) is 10.2 Å². The topological polar surface area (TPSA) is 34.9 Å². The quantitative estimate of drug-likeness (QED) is 0.627. The second-order valence-corrected chi connectivity index (χ2v) is 3.58. The number of aryl methyl sites for hydroxylation is 1. The van der Waals surface area contributed by atoms with Crippen molar-refractivity contribution in [2.45, 2.75) is 6.92 Å². The molecular formula is C8H8N2OS. The maximum atomic E-state index is 11.1. The van der Waals surface area contributed by atoms with Crippen LogP contribution >= 0.6 is 11.3 Å². The van der Waals surface area contributed by atoms with Crippen LogP contribution in [0.15, 0.2) is 11.4 Å². The molecule has 0 amide bonds. The monoisotopic (exact) mass is 180 g/mol. The van der Waals surface area contributed by atoms with Crippen molar-refractivity contribution in [1.29, 1.82) is 0 Å². The third kappa shape index (κ3) is 0.881. The minimum Gasteiger partial charge on any atom is -0.293 e. The van der Waals surface area contributed by atoms with E-state index >= 15 is 0 Å². The number of hydrogen-bond donors (Lipinski definition) is 0. The summed E-state index contributed by atoms with van der Waals surface area (Å²) in [5, 5.41) is 6.10. The minimum absolute atomic E-state index is 0.0306. The summed E-state index contributed by atoms with van der Waals surface area (Å²) in [6.45, 7) is 1.54. The molecule has 0 aromatic carbocycles. The van der Waals surface area contributed by atoms with E-state index in [4.69, 9.17) is 0 Å². The van der Waals surface area contributed by atoms with Gasteiger partial charge in [0.25, 0.3) is 0 Å². The predicted octanol–water partition coefficient (Wildman–Crippen LogP) is 1.84. The highest BCUT2D eigenvalue weighted by atomic mass is 32.1. The number of carbonyl (C=O) groups is 1. The van der Waals surface area contributed by atoms with Gasteiger partial charge in [-0.3, -0.25) is 9.48 Å². The first kappa shape index (κ1) is 7.49. The number of aromatic nitrogens is 2. The van der Waals surface area contributed by atoms with E-state index in [1.807, 2.05) is 18.5 Å². The zero-order valence-corrected chi connectivity index (χ0v) is 7.68. The van der Waals surface area contributed by atoms with Crippen molar-refractivity contribution in [3.63, 3.8) is 0 Å². The van der Waals surface area contributed by atoms with Crippen LogP contribution in [0.5, 0.6) is 0 Å². The Kier molecular flexibility index (Phi) is 1.51. The Labute approximate surface area is 73.6 Å². The van der Waals surface area contributed by atoms with Crippen LogP contribution in [0, 0.1) is 0 Å². The van der Waals surface area contributed by atoms with E-state index in [1.165, 1.54) is 0 Å². The maximum absolute atomic E-state index is 11.1. The number of carbonyl (C=O) groups excluding carboxylic acids is 1. The first-order valence-electron chi connectivity index (χ1n) is 3.61. The second kappa shape index (κ2) is 2.42. The molecule has 4 heteroatoms. The molecule has 0 aliphatic rings. The number of rotatable bonds is 1. The average Bonchev–Trinajstić information content (AvgIpc) is 2.53. The molecular weight excluding hydrogens is 172 g/mol. The van der Waals surface area contributed by atoms with Crippen molar-refractivity contribution in [1.82, 2.24) is 9.78 Å². The number of thiophene rings is 1. The van der Waals surface area contributed by atoms with Crippen molar-refractivity contribution in [2.75, 3.05) is 0 Å². The fourth-order valence-corrected chi connectivity index (χ4v) is 2.16. The van der Waals surface area contributed by atoms with Gasteiger partial charge in [0.2, 0.25) is 0 Å². The van der Waals surface area contributed by atoms with Gasteiger partial charge < -0.3 is 0 Å². The molecule has 0 spiro atoms. The summed E-state index contributed by atoms with van der Waals surface area (Å²) in [7, 11) is 1.85. The summed E-state index contributed by atoms with van der Waals surface area (Å²) < 4.78 is 2.73. The Balaban J connectivity index is 2.83. The van der Waals surface area contributed by atoms with Crippen molar-refractivity contribution in [2.24, 2.45) is 7.05 Å². The Hall–Kier alpha value is -1.16. The summed E-state index contributed by atoms with van der Waals surface area (Å²) in [6, 6.07) is 1.97. The molecule has 0 N–H and O–H groups in total. The first-order chi connectivity index (χ1) is 5.70. The normalized spacial score (nSPS) is 10.8. The fourth-order valence-electron chi connectivity index (χ4n) is 1.21. The van der Waals surface area contributed by atoms with Crippen LogP contribution in [0.2, 0.25) is 0 Å². The first-order valence-corrected chi connectivity index (χ1v) is 4.49. The lowest BCUT2D eigenvalue weighted by atomic mass is 10.3. The maximum Gasteiger partial charge on any atom is 0.181 e. The van der Waals surface area contributed by atoms with Crippen molar-refractivity contribution in [3.05, 3.63) is 17.1 Å². The van der Waals surface area contributed by atoms with Gasteiger partial charge in [0.15, 0.2) is 5.78 Å². The van der Waals surface area contributed by atoms with Crippen LogP contribution in [0.1, 0.15) is 17.4 Å². The van der Waals surface area contributed by atoms with Gasteiger partial charge in [0.05, 0.1) is 10.2 Å². The Morgan fingerprint density at radius 3 is 3.08 bits per heavy atom. The van der Waals surface area contributed by atoms with Gasteiger partial charge in [0.1, 0.15) is 5.69 Å². The molecule has 3 nitrogen and oxygen atoms in total. The molecule has 2 heterocycles. The molecule has 0 saturated heterocycles. The molecule has 2 rings (SSSR count). The third-order valence-electron chi connectivity index (χ3n) is 1.79. The van der Waals surface area contributed by atoms with Gasteiger partial charge in [-0.1, -0.05) is 0 Å². The average molecular weight is 180 g/mol. The van der Waals surface area contributed by atoms with E-state index in [9.17, 15) is 4.79 Å². The highest BCUT2D eigenvalue weighted by molar-refractivity contribution is 7.17. The molecule has 0 atom stereocenters. The summed E-state index contributed by atoms with van der Waals surface area (Å²) in [5.41, 5.74) is 1.62. The van der Waals surface area contributed by atoms with Crippen molar-refractivity contribution in [3.8, 4) is 0 Å². The van der Waals surface area contributed by atoms with E-state index in [-0.39, 0.29) is 5.78 Å². The van der Waals surface area contributed by atoms with Gasteiger partial charge >= 0.3 is 0 Å². The number of fused-ring (bicyclic) bond motifs is 1. The molecule has 0 aliphatic carbocycles. The number of ketones is 1. The Morgan fingerprint density at radius 2 is 2.42 bits per heavy atom. The highest BCUT2D eigenvalue weighted by Crippen LogP contribution is 2.23. The summed E-state index contributed by atoms with van der Waals surface area (Å²) in [5.74, 6) is 0.0306. The molecule has 0 radical (unpaired) electrons. The van der Waals surface area contributed by atoms with Crippen molar-refractivity contribution < 1.29 is 4.79 Å². The number of hydrogen-bond acceptors (Lipinski definition) is 3. The van der Waals surface area contributed by atoms with Gasteiger partial charge in [-0.05, 0) is 11.4 Å². The molecule has 0 fully saturated rings. The van der Waals surface area contributed by atoms with Crippen molar-refractivity contribution >= 4 is 27.3 Å². The van der Waals surface area contributed by atoms with Crippen LogP contribution in [0.3, 0.4) is 0 Å². The molecule has 0 unspecified atom stereocenters. The standard InChI is InChI=1S/C8H8N2OS/c1-5(11)7-8-6(3-4-12-8)10(2)9-7/h3-4H,1-2H3. The Bertz CT molecular complexity index is 441. The molecule has 62 valence electrons. The van der Waals surface area contributed by atoms with Crippen LogP contribution < -0.4 is 0 Å². The second-order valence-electron chi connectivity index (χ2n) is 2.66. The lowest BCUT2D eigenvalue weighted by Crippen LogP contribution is -1.96. The smallest absolute Gasteiger partial charge is 0.181 e. The van der Waals surface area contributed by atoms with Gasteiger partial charge in [-0.15, -0.1) is 11.3 Å². The van der Waals surface area contributed by atoms with E-state index in [0.29, 0.717) is 5.69 Å². The summed E-state index contributed by atoms with van der Waals surface area (Å²) in [4.78, 5) is 11.1. The van der Waals surface area contributed by atoms with Crippen LogP contribution in [0.25, 0.3) is 10.2 Å². The zero-order valence-electron chi connectivity index (χ0n) is 6.87. The summed E-state index contributed by atoms with van der Waals surface area (Å²) in [6.07, 6.45) is 0. The molecule has 12 heavy (non-hydrogen) atoms. The predicted molar refractivity (Wildman–Crippen MR) is 48.6 cm³/mol. The lowest BCUT2D eigenvalue weighted by Gasteiger charge is -1.86. The zero-order chi connectivity index (χ0) is 8.72.